The predicted octanol–water partition coefficient (Wildman–Crippen LogP) is 1.65. The highest BCUT2D eigenvalue weighted by Crippen LogP contribution is 2.32. The lowest BCUT2D eigenvalue weighted by atomic mass is 9.83. The Hall–Kier alpha value is -1.44. The van der Waals surface area contributed by atoms with E-state index in [1.54, 1.807) is 11.3 Å². The Balaban J connectivity index is 1.30. The van der Waals surface area contributed by atoms with Crippen molar-refractivity contribution < 1.29 is 19.1 Å². The van der Waals surface area contributed by atoms with Crippen molar-refractivity contribution in [2.45, 2.75) is 31.9 Å². The van der Waals surface area contributed by atoms with E-state index in [0.717, 1.165) is 30.7 Å². The second-order valence-corrected chi connectivity index (χ2v) is 8.53. The summed E-state index contributed by atoms with van der Waals surface area (Å²) >= 11 is 1.64. The minimum atomic E-state index is -0.124. The van der Waals surface area contributed by atoms with E-state index in [0.29, 0.717) is 32.9 Å². The minimum absolute atomic E-state index is 0.0148. The standard InChI is InChI=1S/C19H26N2O4S/c22-18(20-9-16-2-1-7-26-16)15-8-14-10-21(5-3-17(14)25-12-15)19(23)13-4-6-24-11-13/h1-2,7,13-15,17H,3-6,8-12H2,(H,20,22)/t13?,14-,15-,17+/m0/s1. The number of nitrogens with one attached hydrogen (secondary N) is 1. The molecule has 26 heavy (non-hydrogen) atoms. The van der Waals surface area contributed by atoms with E-state index in [2.05, 4.69) is 5.32 Å². The van der Waals surface area contributed by atoms with Gasteiger partial charge >= 0.3 is 0 Å². The number of thiophene rings is 1. The van der Waals surface area contributed by atoms with Gasteiger partial charge in [0.25, 0.3) is 0 Å². The number of hydrogen-bond acceptors (Lipinski definition) is 5. The summed E-state index contributed by atoms with van der Waals surface area (Å²) in [4.78, 5) is 28.3. The second-order valence-electron chi connectivity index (χ2n) is 7.50. The fourth-order valence-corrected chi connectivity index (χ4v) is 4.88. The van der Waals surface area contributed by atoms with Gasteiger partial charge in [-0.1, -0.05) is 6.07 Å². The maximum Gasteiger partial charge on any atom is 0.228 e. The maximum atomic E-state index is 12.7. The third-order valence-electron chi connectivity index (χ3n) is 5.74. The summed E-state index contributed by atoms with van der Waals surface area (Å²) in [5.74, 6) is 0.415. The Bertz CT molecular complexity index is 629. The number of piperidine rings is 1. The molecule has 0 saturated carbocycles. The average molecular weight is 378 g/mol. The number of amides is 2. The lowest BCUT2D eigenvalue weighted by Gasteiger charge is -2.43. The smallest absolute Gasteiger partial charge is 0.228 e. The first kappa shape index (κ1) is 17.9. The van der Waals surface area contributed by atoms with Crippen LogP contribution in [-0.2, 0) is 25.6 Å². The molecule has 0 aliphatic carbocycles. The number of nitrogens with zero attached hydrogens (tertiary/aromatic N) is 1. The van der Waals surface area contributed by atoms with Gasteiger partial charge in [-0.15, -0.1) is 11.3 Å². The highest BCUT2D eigenvalue weighted by atomic mass is 32.1. The summed E-state index contributed by atoms with van der Waals surface area (Å²) in [6.07, 6.45) is 2.67. The summed E-state index contributed by atoms with van der Waals surface area (Å²) in [7, 11) is 0. The van der Waals surface area contributed by atoms with Gasteiger partial charge in [-0.2, -0.15) is 0 Å². The summed E-state index contributed by atoms with van der Waals surface area (Å²) in [6.45, 7) is 3.76. The molecule has 4 heterocycles. The molecule has 7 heteroatoms. The molecular weight excluding hydrogens is 352 g/mol. The molecular formula is C19H26N2O4S. The van der Waals surface area contributed by atoms with Crippen LogP contribution in [-0.4, -0.2) is 55.7 Å². The van der Waals surface area contributed by atoms with Crippen molar-refractivity contribution in [2.75, 3.05) is 32.9 Å². The molecule has 3 saturated heterocycles. The van der Waals surface area contributed by atoms with Crippen molar-refractivity contribution in [3.63, 3.8) is 0 Å². The van der Waals surface area contributed by atoms with Crippen molar-refractivity contribution in [1.82, 2.24) is 10.2 Å². The zero-order valence-electron chi connectivity index (χ0n) is 14.9. The molecule has 0 spiro atoms. The van der Waals surface area contributed by atoms with E-state index in [4.69, 9.17) is 9.47 Å². The van der Waals surface area contributed by atoms with Gasteiger partial charge in [-0.05, 0) is 30.7 Å². The SMILES string of the molecule is O=C(NCc1cccs1)[C@@H]1CO[C@@H]2CCN(C(=O)C3CCOC3)C[C@@H]2C1. The van der Waals surface area contributed by atoms with Crippen LogP contribution in [0.5, 0.6) is 0 Å². The van der Waals surface area contributed by atoms with E-state index in [-0.39, 0.29) is 35.7 Å². The molecule has 3 aliphatic heterocycles. The molecule has 0 radical (unpaired) electrons. The Morgan fingerprint density at radius 1 is 1.27 bits per heavy atom. The highest BCUT2D eigenvalue weighted by molar-refractivity contribution is 7.09. The Labute approximate surface area is 157 Å². The number of likely N-dealkylation sites (tertiary alicyclic amines) is 1. The lowest BCUT2D eigenvalue weighted by Crippen LogP contribution is -2.52. The van der Waals surface area contributed by atoms with Crippen LogP contribution < -0.4 is 5.32 Å². The Morgan fingerprint density at radius 3 is 2.96 bits per heavy atom. The Morgan fingerprint density at radius 2 is 2.19 bits per heavy atom. The minimum Gasteiger partial charge on any atom is -0.381 e. The molecule has 1 aromatic heterocycles. The molecule has 1 unspecified atom stereocenters. The van der Waals surface area contributed by atoms with E-state index in [1.165, 1.54) is 0 Å². The number of fused-ring (bicyclic) bond motifs is 1. The van der Waals surface area contributed by atoms with Gasteiger partial charge in [-0.3, -0.25) is 9.59 Å². The second kappa shape index (κ2) is 8.06. The van der Waals surface area contributed by atoms with Crippen LogP contribution in [0.25, 0.3) is 0 Å². The number of ether oxygens (including phenoxy) is 2. The molecule has 4 atom stereocenters. The molecule has 0 bridgehead atoms. The summed E-state index contributed by atoms with van der Waals surface area (Å²) in [5.41, 5.74) is 0. The molecule has 0 aromatic carbocycles. The van der Waals surface area contributed by atoms with Gasteiger partial charge in [-0.25, -0.2) is 0 Å². The number of carbonyl (C=O) groups excluding carboxylic acids is 2. The van der Waals surface area contributed by atoms with E-state index < -0.39 is 0 Å². The topological polar surface area (TPSA) is 67.9 Å². The molecule has 1 N–H and O–H groups in total. The summed E-state index contributed by atoms with van der Waals surface area (Å²) < 4.78 is 11.3. The third-order valence-corrected chi connectivity index (χ3v) is 6.62. The largest absolute Gasteiger partial charge is 0.381 e. The first-order valence-corrected chi connectivity index (χ1v) is 10.4. The van der Waals surface area contributed by atoms with Crippen molar-refractivity contribution in [3.8, 4) is 0 Å². The molecule has 142 valence electrons. The van der Waals surface area contributed by atoms with Gasteiger partial charge in [0.2, 0.25) is 11.8 Å². The van der Waals surface area contributed by atoms with Crippen LogP contribution >= 0.6 is 11.3 Å². The molecule has 1 aromatic rings. The normalized spacial score (nSPS) is 31.5. The van der Waals surface area contributed by atoms with Crippen LogP contribution in [0.4, 0.5) is 0 Å². The van der Waals surface area contributed by atoms with Gasteiger partial charge in [0.15, 0.2) is 0 Å². The monoisotopic (exact) mass is 378 g/mol. The molecule has 2 amide bonds. The van der Waals surface area contributed by atoms with Crippen molar-refractivity contribution in [1.29, 1.82) is 0 Å². The summed E-state index contributed by atoms with van der Waals surface area (Å²) in [5, 5.41) is 5.04. The van der Waals surface area contributed by atoms with E-state index in [9.17, 15) is 9.59 Å². The lowest BCUT2D eigenvalue weighted by molar-refractivity contribution is -0.148. The van der Waals surface area contributed by atoms with Crippen molar-refractivity contribution in [2.24, 2.45) is 17.8 Å². The van der Waals surface area contributed by atoms with E-state index in [1.807, 2.05) is 22.4 Å². The van der Waals surface area contributed by atoms with Crippen LogP contribution in [0.2, 0.25) is 0 Å². The van der Waals surface area contributed by atoms with Gasteiger partial charge < -0.3 is 19.7 Å². The zero-order chi connectivity index (χ0) is 17.9. The molecule has 3 aliphatic rings. The number of carbonyl (C=O) groups is 2. The molecule has 4 rings (SSSR count). The van der Waals surface area contributed by atoms with Crippen LogP contribution in [0.15, 0.2) is 17.5 Å². The van der Waals surface area contributed by atoms with Crippen LogP contribution in [0.1, 0.15) is 24.1 Å². The van der Waals surface area contributed by atoms with Crippen molar-refractivity contribution in [3.05, 3.63) is 22.4 Å². The quantitative estimate of drug-likeness (QED) is 0.865. The predicted molar refractivity (Wildman–Crippen MR) is 97.6 cm³/mol. The number of hydrogen-bond donors (Lipinski definition) is 1. The first-order valence-electron chi connectivity index (χ1n) is 9.49. The van der Waals surface area contributed by atoms with Gasteiger partial charge in [0, 0.05) is 30.5 Å². The fraction of sp³-hybridized carbons (Fsp3) is 0.684. The molecule has 6 nitrogen and oxygen atoms in total. The Kier molecular flexibility index (Phi) is 5.57. The zero-order valence-corrected chi connectivity index (χ0v) is 15.7. The van der Waals surface area contributed by atoms with Crippen LogP contribution in [0, 0.1) is 17.8 Å². The first-order chi connectivity index (χ1) is 12.7. The fourth-order valence-electron chi connectivity index (χ4n) is 4.23. The highest BCUT2D eigenvalue weighted by Gasteiger charge is 2.40. The third kappa shape index (κ3) is 3.94. The van der Waals surface area contributed by atoms with Gasteiger partial charge in [0.1, 0.15) is 0 Å². The van der Waals surface area contributed by atoms with Crippen molar-refractivity contribution >= 4 is 23.2 Å². The maximum absolute atomic E-state index is 12.7. The van der Waals surface area contributed by atoms with E-state index >= 15 is 0 Å². The average Bonchev–Trinajstić information content (AvgIpc) is 3.38. The number of rotatable bonds is 4. The van der Waals surface area contributed by atoms with Crippen LogP contribution in [0.3, 0.4) is 0 Å². The van der Waals surface area contributed by atoms with Gasteiger partial charge in [0.05, 0.1) is 37.7 Å². The summed E-state index contributed by atoms with van der Waals surface area (Å²) in [6, 6.07) is 4.01. The molecule has 3 fully saturated rings.